The molecule has 0 spiro atoms. The summed E-state index contributed by atoms with van der Waals surface area (Å²) < 4.78 is 1.81. The average Bonchev–Trinajstić information content (AvgIpc) is 3.33. The molecule has 2 aromatic rings. The van der Waals surface area contributed by atoms with Crippen LogP contribution in [0.1, 0.15) is 31.2 Å². The number of likely N-dealkylation sites (tertiary alicyclic amines) is 1. The molecule has 0 aromatic carbocycles. The molecule has 4 atom stereocenters. The monoisotopic (exact) mass is 436 g/mol. The molecule has 0 radical (unpaired) electrons. The van der Waals surface area contributed by atoms with Crippen molar-refractivity contribution in [3.8, 4) is 0 Å². The van der Waals surface area contributed by atoms with Gasteiger partial charge in [0.2, 0.25) is 11.8 Å². The summed E-state index contributed by atoms with van der Waals surface area (Å²) in [5, 5.41) is 7.30. The highest BCUT2D eigenvalue weighted by molar-refractivity contribution is 5.89. The first-order valence-electron chi connectivity index (χ1n) is 11.9. The van der Waals surface area contributed by atoms with Crippen molar-refractivity contribution in [1.82, 2.24) is 29.9 Å². The van der Waals surface area contributed by atoms with Gasteiger partial charge in [0.1, 0.15) is 6.04 Å². The van der Waals surface area contributed by atoms with Gasteiger partial charge in [-0.1, -0.05) is 6.07 Å². The van der Waals surface area contributed by atoms with E-state index in [1.54, 1.807) is 12.4 Å². The fourth-order valence-electron chi connectivity index (χ4n) is 5.94. The summed E-state index contributed by atoms with van der Waals surface area (Å²) in [6.07, 6.45) is 11.9. The third-order valence-electron chi connectivity index (χ3n) is 7.32. The van der Waals surface area contributed by atoms with Crippen LogP contribution in [0.5, 0.6) is 0 Å². The zero-order chi connectivity index (χ0) is 21.9. The molecule has 2 amide bonds. The zero-order valence-corrected chi connectivity index (χ0v) is 18.5. The number of hydrogen-bond donors (Lipinski definition) is 1. The van der Waals surface area contributed by atoms with Gasteiger partial charge in [0.15, 0.2) is 0 Å². The molecule has 0 unspecified atom stereocenters. The SMILES string of the molecule is O=C(NCCn1cccn1)[C@H]1[C@H]2C[C@H](CN(CCc3cccnc3)C2)[C@@H]2CCCC(=O)N21. The average molecular weight is 437 g/mol. The Morgan fingerprint density at radius 3 is 2.88 bits per heavy atom. The first kappa shape index (κ1) is 21.1. The predicted molar refractivity (Wildman–Crippen MR) is 119 cm³/mol. The molecule has 3 aliphatic heterocycles. The number of piperidine rings is 3. The topological polar surface area (TPSA) is 83.4 Å². The van der Waals surface area contributed by atoms with Crippen LogP contribution >= 0.6 is 0 Å². The van der Waals surface area contributed by atoms with Gasteiger partial charge in [-0.05, 0) is 49.3 Å². The Balaban J connectivity index is 1.28. The molecule has 2 aromatic heterocycles. The van der Waals surface area contributed by atoms with Crippen molar-refractivity contribution in [2.24, 2.45) is 11.8 Å². The van der Waals surface area contributed by atoms with E-state index in [-0.39, 0.29) is 29.8 Å². The molecule has 32 heavy (non-hydrogen) atoms. The molecule has 5 heterocycles. The highest BCUT2D eigenvalue weighted by Crippen LogP contribution is 2.41. The highest BCUT2D eigenvalue weighted by Gasteiger charge is 2.51. The summed E-state index contributed by atoms with van der Waals surface area (Å²) in [6.45, 7) is 3.99. The van der Waals surface area contributed by atoms with Crippen LogP contribution in [0.3, 0.4) is 0 Å². The third-order valence-corrected chi connectivity index (χ3v) is 7.32. The maximum Gasteiger partial charge on any atom is 0.243 e. The zero-order valence-electron chi connectivity index (χ0n) is 18.5. The second-order valence-electron chi connectivity index (χ2n) is 9.39. The summed E-state index contributed by atoms with van der Waals surface area (Å²) >= 11 is 0. The second kappa shape index (κ2) is 9.40. The minimum absolute atomic E-state index is 0.00466. The lowest BCUT2D eigenvalue weighted by Crippen LogP contribution is -2.68. The van der Waals surface area contributed by atoms with E-state index in [9.17, 15) is 9.59 Å². The molecule has 3 fully saturated rings. The number of fused-ring (bicyclic) bond motifs is 4. The van der Waals surface area contributed by atoms with Crippen LogP contribution in [0.2, 0.25) is 0 Å². The summed E-state index contributed by atoms with van der Waals surface area (Å²) in [5.41, 5.74) is 1.24. The van der Waals surface area contributed by atoms with E-state index >= 15 is 0 Å². The lowest BCUT2D eigenvalue weighted by molar-refractivity contribution is -0.160. The maximum absolute atomic E-state index is 13.4. The molecular weight excluding hydrogens is 404 g/mol. The Kier molecular flexibility index (Phi) is 6.21. The summed E-state index contributed by atoms with van der Waals surface area (Å²) in [7, 11) is 0. The molecule has 0 aliphatic carbocycles. The van der Waals surface area contributed by atoms with Crippen LogP contribution < -0.4 is 5.32 Å². The number of rotatable bonds is 7. The molecule has 8 heteroatoms. The minimum atomic E-state index is -0.358. The third kappa shape index (κ3) is 4.41. The van der Waals surface area contributed by atoms with Crippen LogP contribution in [-0.4, -0.2) is 74.6 Å². The van der Waals surface area contributed by atoms with Gasteiger partial charge >= 0.3 is 0 Å². The fraction of sp³-hybridized carbons (Fsp3) is 0.583. The lowest BCUT2D eigenvalue weighted by atomic mass is 9.71. The van der Waals surface area contributed by atoms with Gasteiger partial charge in [0.05, 0.1) is 6.54 Å². The molecule has 3 aliphatic rings. The molecule has 2 bridgehead atoms. The predicted octanol–water partition coefficient (Wildman–Crippen LogP) is 1.34. The minimum Gasteiger partial charge on any atom is -0.352 e. The Morgan fingerprint density at radius 1 is 1.16 bits per heavy atom. The standard InChI is InChI=1S/C24H32N6O2/c31-22-6-1-5-21-19-14-20(17-28(16-19)12-7-18-4-2-8-25-15-18)23(30(21)22)24(32)26-10-13-29-11-3-9-27-29/h2-4,8-9,11,15,19-21,23H,1,5-7,10,12-14,16-17H2,(H,26,32)/t19-,20+,21+,23-/m1/s1. The van der Waals surface area contributed by atoms with Crippen molar-refractivity contribution < 1.29 is 9.59 Å². The van der Waals surface area contributed by atoms with Crippen LogP contribution in [0.25, 0.3) is 0 Å². The van der Waals surface area contributed by atoms with Crippen molar-refractivity contribution in [3.05, 3.63) is 48.5 Å². The summed E-state index contributed by atoms with van der Waals surface area (Å²) in [6, 6.07) is 5.81. The van der Waals surface area contributed by atoms with Gasteiger partial charge in [0, 0.05) is 69.3 Å². The Bertz CT molecular complexity index is 918. The first-order valence-corrected chi connectivity index (χ1v) is 11.9. The van der Waals surface area contributed by atoms with E-state index in [1.807, 2.05) is 34.1 Å². The van der Waals surface area contributed by atoms with E-state index in [2.05, 4.69) is 26.4 Å². The largest absolute Gasteiger partial charge is 0.352 e. The molecule has 0 saturated carbocycles. The molecular formula is C24H32N6O2. The van der Waals surface area contributed by atoms with Gasteiger partial charge in [0.25, 0.3) is 0 Å². The Hall–Kier alpha value is -2.74. The van der Waals surface area contributed by atoms with E-state index in [0.29, 0.717) is 25.4 Å². The van der Waals surface area contributed by atoms with Crippen molar-refractivity contribution in [3.63, 3.8) is 0 Å². The summed E-state index contributed by atoms with van der Waals surface area (Å²) in [4.78, 5) is 35.0. The molecule has 1 N–H and O–H groups in total. The number of nitrogens with one attached hydrogen (secondary N) is 1. The van der Waals surface area contributed by atoms with Crippen molar-refractivity contribution >= 4 is 11.8 Å². The van der Waals surface area contributed by atoms with Gasteiger partial charge in [-0.25, -0.2) is 0 Å². The van der Waals surface area contributed by atoms with Gasteiger partial charge in [-0.3, -0.25) is 19.3 Å². The first-order chi connectivity index (χ1) is 15.7. The smallest absolute Gasteiger partial charge is 0.243 e. The van der Waals surface area contributed by atoms with E-state index < -0.39 is 0 Å². The normalized spacial score (nSPS) is 27.8. The molecule has 5 rings (SSSR count). The number of aromatic nitrogens is 3. The molecule has 3 saturated heterocycles. The van der Waals surface area contributed by atoms with Crippen LogP contribution in [0, 0.1) is 11.8 Å². The highest BCUT2D eigenvalue weighted by atomic mass is 16.2. The summed E-state index contributed by atoms with van der Waals surface area (Å²) in [5.74, 6) is 0.799. The van der Waals surface area contributed by atoms with Crippen LogP contribution in [0.15, 0.2) is 43.0 Å². The quantitative estimate of drug-likeness (QED) is 0.708. The number of amides is 2. The fourth-order valence-corrected chi connectivity index (χ4v) is 5.94. The van der Waals surface area contributed by atoms with E-state index in [0.717, 1.165) is 45.3 Å². The number of hydrogen-bond acceptors (Lipinski definition) is 5. The van der Waals surface area contributed by atoms with Crippen molar-refractivity contribution in [1.29, 1.82) is 0 Å². The Morgan fingerprint density at radius 2 is 2.06 bits per heavy atom. The second-order valence-corrected chi connectivity index (χ2v) is 9.39. The number of nitrogens with zero attached hydrogens (tertiary/aromatic N) is 5. The van der Waals surface area contributed by atoms with Gasteiger partial charge < -0.3 is 15.1 Å². The van der Waals surface area contributed by atoms with Crippen molar-refractivity contribution in [2.45, 2.75) is 50.7 Å². The van der Waals surface area contributed by atoms with Gasteiger partial charge in [-0.2, -0.15) is 5.10 Å². The van der Waals surface area contributed by atoms with E-state index in [1.165, 1.54) is 5.56 Å². The van der Waals surface area contributed by atoms with E-state index in [4.69, 9.17) is 0 Å². The molecule has 170 valence electrons. The number of carbonyl (C=O) groups is 2. The van der Waals surface area contributed by atoms with Gasteiger partial charge in [-0.15, -0.1) is 0 Å². The lowest BCUT2D eigenvalue weighted by Gasteiger charge is -2.56. The maximum atomic E-state index is 13.4. The Labute approximate surface area is 189 Å². The van der Waals surface area contributed by atoms with Crippen molar-refractivity contribution in [2.75, 3.05) is 26.2 Å². The number of pyridine rings is 1. The number of carbonyl (C=O) groups excluding carboxylic acids is 2. The van der Waals surface area contributed by atoms with Crippen LogP contribution in [-0.2, 0) is 22.6 Å². The van der Waals surface area contributed by atoms with Crippen LogP contribution in [0.4, 0.5) is 0 Å². The molecule has 8 nitrogen and oxygen atoms in total.